The third kappa shape index (κ3) is 3.34. The molecule has 7 nitrogen and oxygen atoms in total. The molecule has 1 saturated heterocycles. The van der Waals surface area contributed by atoms with Crippen molar-refractivity contribution in [3.8, 4) is 0 Å². The zero-order chi connectivity index (χ0) is 19.8. The lowest BCUT2D eigenvalue weighted by Crippen LogP contribution is -2.24. The van der Waals surface area contributed by atoms with E-state index in [0.29, 0.717) is 35.6 Å². The van der Waals surface area contributed by atoms with E-state index in [4.69, 9.17) is 20.4 Å². The molecule has 1 aliphatic heterocycles. The Bertz CT molecular complexity index is 1180. The van der Waals surface area contributed by atoms with Crippen molar-refractivity contribution in [1.82, 2.24) is 19.9 Å². The van der Waals surface area contributed by atoms with E-state index in [-0.39, 0.29) is 12.0 Å². The van der Waals surface area contributed by atoms with Crippen LogP contribution in [-0.2, 0) is 17.8 Å². The predicted octanol–water partition coefficient (Wildman–Crippen LogP) is 3.34. The van der Waals surface area contributed by atoms with Gasteiger partial charge in [0.05, 0.1) is 30.2 Å². The van der Waals surface area contributed by atoms with Crippen LogP contribution in [0.2, 0.25) is 0 Å². The molecule has 3 aromatic heterocycles. The van der Waals surface area contributed by atoms with Gasteiger partial charge in [-0.05, 0) is 36.4 Å². The number of para-hydroxylation sites is 2. The average Bonchev–Trinajstić information content (AvgIpc) is 3.48. The lowest BCUT2D eigenvalue weighted by atomic mass is 10.2. The number of amides is 1. The van der Waals surface area contributed by atoms with Crippen molar-refractivity contribution in [3.63, 3.8) is 0 Å². The van der Waals surface area contributed by atoms with E-state index >= 15 is 0 Å². The van der Waals surface area contributed by atoms with Crippen LogP contribution in [0.4, 0.5) is 5.82 Å². The third-order valence-electron chi connectivity index (χ3n) is 5.23. The second-order valence-corrected chi connectivity index (χ2v) is 8.18. The van der Waals surface area contributed by atoms with Gasteiger partial charge in [-0.25, -0.2) is 9.97 Å². The van der Waals surface area contributed by atoms with Crippen molar-refractivity contribution in [2.24, 2.45) is 0 Å². The van der Waals surface area contributed by atoms with E-state index in [1.165, 1.54) is 0 Å². The number of anilines is 1. The minimum atomic E-state index is -0.239. The van der Waals surface area contributed by atoms with Crippen molar-refractivity contribution >= 4 is 45.3 Å². The van der Waals surface area contributed by atoms with Crippen LogP contribution in [0.25, 0.3) is 22.2 Å². The highest BCUT2D eigenvalue weighted by Gasteiger charge is 2.26. The number of ether oxygens (including phenoxy) is 1. The Morgan fingerprint density at radius 1 is 1.24 bits per heavy atom. The van der Waals surface area contributed by atoms with E-state index in [1.54, 1.807) is 11.3 Å². The highest BCUT2D eigenvalue weighted by atomic mass is 32.1. The Labute approximate surface area is 171 Å². The highest BCUT2D eigenvalue weighted by molar-refractivity contribution is 7.09. The van der Waals surface area contributed by atoms with Gasteiger partial charge >= 0.3 is 0 Å². The fraction of sp³-hybridized carbons (Fsp3) is 0.286. The smallest absolute Gasteiger partial charge is 0.257 e. The quantitative estimate of drug-likeness (QED) is 0.529. The number of nitrogens with two attached hydrogens (primary N) is 1. The number of nitrogen functional groups attached to an aromatic ring is 1. The van der Waals surface area contributed by atoms with Crippen molar-refractivity contribution in [2.75, 3.05) is 12.3 Å². The van der Waals surface area contributed by atoms with Gasteiger partial charge in [-0.1, -0.05) is 18.2 Å². The van der Waals surface area contributed by atoms with Crippen LogP contribution in [0.1, 0.15) is 28.1 Å². The molecule has 4 aromatic rings. The maximum absolute atomic E-state index is 13.1. The Hall–Kier alpha value is -2.97. The first kappa shape index (κ1) is 18.1. The van der Waals surface area contributed by atoms with Gasteiger partial charge in [0.2, 0.25) is 0 Å². The van der Waals surface area contributed by atoms with Gasteiger partial charge in [-0.2, -0.15) is 0 Å². The van der Waals surface area contributed by atoms with Crippen molar-refractivity contribution in [2.45, 2.75) is 32.0 Å². The molecule has 0 aliphatic carbocycles. The number of benzene rings is 1. The second-order valence-electron chi connectivity index (χ2n) is 7.15. The largest absolute Gasteiger partial charge is 0.384 e. The molecular formula is C21H21N5O2S. The van der Waals surface area contributed by atoms with Gasteiger partial charge in [0.15, 0.2) is 5.65 Å². The first-order valence-corrected chi connectivity index (χ1v) is 10.6. The molecule has 0 spiro atoms. The van der Waals surface area contributed by atoms with Gasteiger partial charge in [0.1, 0.15) is 16.9 Å². The fourth-order valence-electron chi connectivity index (χ4n) is 3.79. The van der Waals surface area contributed by atoms with Crippen LogP contribution in [0, 0.1) is 0 Å². The van der Waals surface area contributed by atoms with Gasteiger partial charge in [-0.15, -0.1) is 11.3 Å². The number of fused-ring (bicyclic) bond motifs is 2. The predicted molar refractivity (Wildman–Crippen MR) is 114 cm³/mol. The van der Waals surface area contributed by atoms with E-state index in [2.05, 4.69) is 5.32 Å². The van der Waals surface area contributed by atoms with Gasteiger partial charge in [-0.3, -0.25) is 4.79 Å². The summed E-state index contributed by atoms with van der Waals surface area (Å²) in [7, 11) is 0. The number of aromatic nitrogens is 3. The lowest BCUT2D eigenvalue weighted by Gasteiger charge is -2.13. The first-order valence-electron chi connectivity index (χ1n) is 9.67. The van der Waals surface area contributed by atoms with Crippen LogP contribution in [0.3, 0.4) is 0 Å². The van der Waals surface area contributed by atoms with E-state index < -0.39 is 0 Å². The number of nitrogens with one attached hydrogen (secondary N) is 1. The molecule has 5 rings (SSSR count). The summed E-state index contributed by atoms with van der Waals surface area (Å²) in [6.07, 6.45) is 2.08. The molecule has 0 saturated carbocycles. The highest BCUT2D eigenvalue weighted by Crippen LogP contribution is 2.29. The summed E-state index contributed by atoms with van der Waals surface area (Å²) in [5, 5.41) is 4.96. The zero-order valence-corrected chi connectivity index (χ0v) is 16.6. The standard InChI is InChI=1S/C21H21N5O2S/c22-19-17(21(27)23-11-14-6-4-10-29-14)18-20(26(19)12-13-5-3-9-28-13)25-16-8-2-1-7-15(16)24-18/h1-2,4,6-8,10,13H,3,5,9,11-12,22H2,(H,23,27)/t13-/m1/s1. The Morgan fingerprint density at radius 2 is 2.07 bits per heavy atom. The summed E-state index contributed by atoms with van der Waals surface area (Å²) in [4.78, 5) is 23.7. The van der Waals surface area contributed by atoms with Crippen LogP contribution >= 0.6 is 11.3 Å². The third-order valence-corrected chi connectivity index (χ3v) is 6.11. The number of hydrogen-bond acceptors (Lipinski definition) is 6. The minimum absolute atomic E-state index is 0.0724. The normalized spacial score (nSPS) is 16.6. The summed E-state index contributed by atoms with van der Waals surface area (Å²) >= 11 is 1.60. The number of hydrogen-bond donors (Lipinski definition) is 2. The van der Waals surface area contributed by atoms with Crippen molar-refractivity contribution < 1.29 is 9.53 Å². The first-order chi connectivity index (χ1) is 14.2. The van der Waals surface area contributed by atoms with E-state index in [9.17, 15) is 4.79 Å². The molecule has 0 radical (unpaired) electrons. The van der Waals surface area contributed by atoms with Crippen LogP contribution in [-0.4, -0.2) is 33.2 Å². The van der Waals surface area contributed by atoms with Gasteiger partial charge < -0.3 is 20.4 Å². The molecule has 8 heteroatoms. The molecule has 0 unspecified atom stereocenters. The molecule has 3 N–H and O–H groups in total. The number of carbonyl (C=O) groups is 1. The topological polar surface area (TPSA) is 95.1 Å². The van der Waals surface area contributed by atoms with Crippen LogP contribution in [0.15, 0.2) is 41.8 Å². The number of rotatable bonds is 5. The Kier molecular flexibility index (Phi) is 4.65. The molecular weight excluding hydrogens is 386 g/mol. The zero-order valence-electron chi connectivity index (χ0n) is 15.8. The minimum Gasteiger partial charge on any atom is -0.384 e. The summed E-state index contributed by atoms with van der Waals surface area (Å²) in [5.41, 5.74) is 9.52. The SMILES string of the molecule is Nc1c(C(=O)NCc2cccs2)c2nc3ccccc3nc2n1C[C@H]1CCCO1. The van der Waals surface area contributed by atoms with Gasteiger partial charge in [0.25, 0.3) is 5.91 Å². The maximum Gasteiger partial charge on any atom is 0.257 e. The fourth-order valence-corrected chi connectivity index (χ4v) is 4.43. The Morgan fingerprint density at radius 3 is 2.79 bits per heavy atom. The van der Waals surface area contributed by atoms with E-state index in [0.717, 1.165) is 35.4 Å². The molecule has 1 amide bonds. The number of thiophene rings is 1. The average molecular weight is 407 g/mol. The second kappa shape index (κ2) is 7.46. The molecule has 0 bridgehead atoms. The van der Waals surface area contributed by atoms with E-state index in [1.807, 2.05) is 46.3 Å². The monoisotopic (exact) mass is 407 g/mol. The lowest BCUT2D eigenvalue weighted by molar-refractivity contribution is 0.0947. The summed E-state index contributed by atoms with van der Waals surface area (Å²) in [6, 6.07) is 11.6. The molecule has 4 heterocycles. The van der Waals surface area contributed by atoms with Crippen molar-refractivity contribution in [3.05, 3.63) is 52.2 Å². The molecule has 1 aliphatic rings. The molecule has 1 aromatic carbocycles. The summed E-state index contributed by atoms with van der Waals surface area (Å²) in [6.45, 7) is 1.77. The Balaban J connectivity index is 1.59. The van der Waals surface area contributed by atoms with Crippen LogP contribution in [0.5, 0.6) is 0 Å². The van der Waals surface area contributed by atoms with Crippen LogP contribution < -0.4 is 11.1 Å². The molecule has 148 valence electrons. The molecule has 29 heavy (non-hydrogen) atoms. The number of carbonyl (C=O) groups excluding carboxylic acids is 1. The van der Waals surface area contributed by atoms with Gasteiger partial charge in [0, 0.05) is 11.5 Å². The maximum atomic E-state index is 13.1. The number of nitrogens with zero attached hydrogens (tertiary/aromatic N) is 3. The summed E-state index contributed by atoms with van der Waals surface area (Å²) in [5.74, 6) is 0.144. The summed E-state index contributed by atoms with van der Waals surface area (Å²) < 4.78 is 7.67. The molecule has 1 atom stereocenters. The van der Waals surface area contributed by atoms with Crippen molar-refractivity contribution in [1.29, 1.82) is 0 Å². The molecule has 1 fully saturated rings.